The summed E-state index contributed by atoms with van der Waals surface area (Å²) in [6.45, 7) is 0.158. The van der Waals surface area contributed by atoms with Gasteiger partial charge < -0.3 is 21.5 Å². The van der Waals surface area contributed by atoms with Crippen molar-refractivity contribution in [1.82, 2.24) is 10.3 Å². The second-order valence-corrected chi connectivity index (χ2v) is 8.47. The average Bonchev–Trinajstić information content (AvgIpc) is 3.42. The predicted molar refractivity (Wildman–Crippen MR) is 142 cm³/mol. The Morgan fingerprint density at radius 3 is 2.56 bits per heavy atom. The molecule has 8 nitrogen and oxygen atoms in total. The molecule has 0 atom stereocenters. The summed E-state index contributed by atoms with van der Waals surface area (Å²) in [6, 6.07) is 21.3. The zero-order valence-corrected chi connectivity index (χ0v) is 20.5. The molecule has 5 N–H and O–H groups in total. The van der Waals surface area contributed by atoms with Crippen LogP contribution in [0.4, 0.5) is 5.82 Å². The minimum atomic E-state index is -0.386. The van der Waals surface area contributed by atoms with E-state index in [0.717, 1.165) is 5.56 Å². The van der Waals surface area contributed by atoms with Crippen molar-refractivity contribution in [3.63, 3.8) is 0 Å². The summed E-state index contributed by atoms with van der Waals surface area (Å²) in [6.07, 6.45) is 0. The summed E-state index contributed by atoms with van der Waals surface area (Å²) in [7, 11) is 0. The van der Waals surface area contributed by atoms with Crippen LogP contribution < -0.4 is 16.4 Å². The number of amides is 2. The van der Waals surface area contributed by atoms with Crippen molar-refractivity contribution in [1.29, 1.82) is 5.26 Å². The predicted octanol–water partition coefficient (Wildman–Crippen LogP) is 4.30. The number of nitriles is 1. The van der Waals surface area contributed by atoms with Gasteiger partial charge in [-0.25, -0.2) is 4.98 Å². The molecule has 10 heteroatoms. The first kappa shape index (κ1) is 26.4. The second kappa shape index (κ2) is 12.0. The number of aromatic nitrogens is 1. The van der Waals surface area contributed by atoms with Gasteiger partial charge in [-0.05, 0) is 46.8 Å². The number of nitrogens with zero attached hydrogens (tertiary/aromatic N) is 2. The van der Waals surface area contributed by atoms with Gasteiger partial charge in [-0.15, -0.1) is 23.7 Å². The molecular weight excluding hydrogens is 498 g/mol. The number of anilines is 1. The van der Waals surface area contributed by atoms with Crippen LogP contribution in [0.2, 0.25) is 0 Å². The highest BCUT2D eigenvalue weighted by Crippen LogP contribution is 2.35. The Balaban J connectivity index is 0.00000361. The Labute approximate surface area is 217 Å². The largest absolute Gasteiger partial charge is 0.507 e. The molecule has 4 rings (SSSR count). The van der Waals surface area contributed by atoms with Crippen LogP contribution >= 0.6 is 23.7 Å². The highest BCUT2D eigenvalue weighted by atomic mass is 35.5. The smallest absolute Gasteiger partial charge is 0.266 e. The molecule has 0 bridgehead atoms. The zero-order valence-electron chi connectivity index (χ0n) is 18.9. The summed E-state index contributed by atoms with van der Waals surface area (Å²) in [5, 5.41) is 27.7. The number of thiophene rings is 1. The highest BCUT2D eigenvalue weighted by Gasteiger charge is 2.19. The van der Waals surface area contributed by atoms with Gasteiger partial charge in [0.15, 0.2) is 5.82 Å². The van der Waals surface area contributed by atoms with Crippen molar-refractivity contribution in [3.8, 4) is 34.2 Å². The van der Waals surface area contributed by atoms with Gasteiger partial charge in [0.1, 0.15) is 17.4 Å². The minimum Gasteiger partial charge on any atom is -0.507 e. The first-order chi connectivity index (χ1) is 17.0. The lowest BCUT2D eigenvalue weighted by Crippen LogP contribution is -2.29. The zero-order chi connectivity index (χ0) is 24.8. The van der Waals surface area contributed by atoms with Crippen molar-refractivity contribution in [2.75, 3.05) is 11.9 Å². The molecule has 0 radical (unpaired) electrons. The Hall–Kier alpha value is -4.23. The van der Waals surface area contributed by atoms with Crippen molar-refractivity contribution in [3.05, 3.63) is 88.1 Å². The third-order valence-electron chi connectivity index (χ3n) is 5.20. The SMILES string of the molecule is Cl.N#Cc1c(-c2cccc(CNC(=O)CN)c2)cc(-c2ccccc2O)nc1NC(=O)c1cccs1. The van der Waals surface area contributed by atoms with Gasteiger partial charge in [-0.1, -0.05) is 36.4 Å². The lowest BCUT2D eigenvalue weighted by Gasteiger charge is -2.15. The number of halogens is 1. The number of hydrogen-bond acceptors (Lipinski definition) is 7. The molecule has 36 heavy (non-hydrogen) atoms. The number of nitrogens with two attached hydrogens (primary N) is 1. The van der Waals surface area contributed by atoms with Crippen molar-refractivity contribution in [2.24, 2.45) is 5.73 Å². The number of pyridine rings is 1. The third kappa shape index (κ3) is 5.87. The number of carbonyl (C=O) groups excluding carboxylic acids is 2. The van der Waals surface area contributed by atoms with Gasteiger partial charge in [0.25, 0.3) is 5.91 Å². The van der Waals surface area contributed by atoms with Crippen LogP contribution in [-0.4, -0.2) is 28.4 Å². The fraction of sp³-hybridized carbons (Fsp3) is 0.0769. The van der Waals surface area contributed by atoms with Crippen molar-refractivity contribution < 1.29 is 14.7 Å². The number of nitrogens with one attached hydrogen (secondary N) is 2. The number of phenols is 1. The van der Waals surface area contributed by atoms with E-state index in [1.165, 1.54) is 11.3 Å². The van der Waals surface area contributed by atoms with Crippen LogP contribution in [0.25, 0.3) is 22.4 Å². The van der Waals surface area contributed by atoms with Crippen LogP contribution in [0.5, 0.6) is 5.75 Å². The normalized spacial score (nSPS) is 10.1. The summed E-state index contributed by atoms with van der Waals surface area (Å²) in [5.74, 6) is -0.562. The molecule has 0 aliphatic heterocycles. The van der Waals surface area contributed by atoms with E-state index in [4.69, 9.17) is 5.73 Å². The fourth-order valence-electron chi connectivity index (χ4n) is 3.50. The monoisotopic (exact) mass is 519 g/mol. The van der Waals surface area contributed by atoms with Gasteiger partial charge in [0.05, 0.1) is 17.1 Å². The minimum absolute atomic E-state index is 0. The van der Waals surface area contributed by atoms with E-state index in [9.17, 15) is 20.0 Å². The summed E-state index contributed by atoms with van der Waals surface area (Å²) in [4.78, 5) is 29.4. The Morgan fingerprint density at radius 2 is 1.86 bits per heavy atom. The summed E-state index contributed by atoms with van der Waals surface area (Å²) < 4.78 is 0. The maximum Gasteiger partial charge on any atom is 0.266 e. The van der Waals surface area contributed by atoms with E-state index in [2.05, 4.69) is 21.7 Å². The summed E-state index contributed by atoms with van der Waals surface area (Å²) >= 11 is 1.27. The van der Waals surface area contributed by atoms with Crippen molar-refractivity contribution in [2.45, 2.75) is 6.54 Å². The molecule has 0 unspecified atom stereocenters. The topological polar surface area (TPSA) is 141 Å². The molecule has 0 saturated carbocycles. The fourth-order valence-corrected chi connectivity index (χ4v) is 4.12. The van der Waals surface area contributed by atoms with Crippen LogP contribution in [0.1, 0.15) is 20.8 Å². The van der Waals surface area contributed by atoms with Gasteiger partial charge >= 0.3 is 0 Å². The molecule has 0 aliphatic carbocycles. The standard InChI is InChI=1S/C26H21N5O3S.ClH/c27-13-20-19(17-6-3-5-16(11-17)15-29-24(33)14-28)12-21(18-7-1-2-8-22(18)32)30-25(20)31-26(34)23-9-4-10-35-23;/h1-12,32H,14-15,28H2,(H,29,33)(H,30,31,34);1H. The van der Waals surface area contributed by atoms with E-state index >= 15 is 0 Å². The van der Waals surface area contributed by atoms with Gasteiger partial charge in [0.2, 0.25) is 5.91 Å². The number of para-hydroxylation sites is 1. The summed E-state index contributed by atoms with van der Waals surface area (Å²) in [5.41, 5.74) is 8.40. The molecule has 2 heterocycles. The van der Waals surface area contributed by atoms with Gasteiger partial charge in [-0.3, -0.25) is 9.59 Å². The maximum absolute atomic E-state index is 12.8. The van der Waals surface area contributed by atoms with E-state index in [1.54, 1.807) is 47.8 Å². The number of rotatable bonds is 7. The number of aromatic hydroxyl groups is 1. The average molecular weight is 520 g/mol. The van der Waals surface area contributed by atoms with E-state index in [-0.39, 0.29) is 54.4 Å². The number of hydrogen-bond donors (Lipinski definition) is 4. The quantitative estimate of drug-likeness (QED) is 0.287. The molecule has 0 aliphatic rings. The number of benzene rings is 2. The van der Waals surface area contributed by atoms with E-state index < -0.39 is 0 Å². The lowest BCUT2D eigenvalue weighted by atomic mass is 9.96. The molecule has 2 aromatic heterocycles. The molecule has 2 amide bonds. The molecule has 4 aromatic rings. The molecule has 2 aromatic carbocycles. The van der Waals surface area contributed by atoms with Gasteiger partial charge in [0, 0.05) is 17.7 Å². The van der Waals surface area contributed by atoms with Crippen LogP contribution in [0.3, 0.4) is 0 Å². The first-order valence-electron chi connectivity index (χ1n) is 10.6. The van der Waals surface area contributed by atoms with Crippen LogP contribution in [-0.2, 0) is 11.3 Å². The van der Waals surface area contributed by atoms with Gasteiger partial charge in [-0.2, -0.15) is 5.26 Å². The highest BCUT2D eigenvalue weighted by molar-refractivity contribution is 7.12. The molecule has 0 spiro atoms. The maximum atomic E-state index is 12.8. The van der Waals surface area contributed by atoms with Crippen LogP contribution in [0.15, 0.2) is 72.1 Å². The van der Waals surface area contributed by atoms with Crippen molar-refractivity contribution >= 4 is 41.4 Å². The molecular formula is C26H22ClN5O3S. The first-order valence-corrected chi connectivity index (χ1v) is 11.5. The molecule has 0 saturated heterocycles. The molecule has 0 fully saturated rings. The second-order valence-electron chi connectivity index (χ2n) is 7.52. The lowest BCUT2D eigenvalue weighted by molar-refractivity contribution is -0.119. The van der Waals surface area contributed by atoms with E-state index in [1.807, 2.05) is 24.3 Å². The Kier molecular flexibility index (Phi) is 8.76. The number of carbonyl (C=O) groups is 2. The Morgan fingerprint density at radius 1 is 1.06 bits per heavy atom. The number of phenolic OH excluding ortho intramolecular Hbond substituents is 1. The third-order valence-corrected chi connectivity index (χ3v) is 6.07. The Bertz CT molecular complexity index is 1430. The molecule has 182 valence electrons. The van der Waals surface area contributed by atoms with E-state index in [0.29, 0.717) is 27.3 Å². The van der Waals surface area contributed by atoms with Crippen LogP contribution in [0, 0.1) is 11.3 Å².